The largest absolute Gasteiger partial charge is 0.480 e. The molecule has 0 fully saturated rings. The average Bonchev–Trinajstić information content (AvgIpc) is 2.23. The van der Waals surface area contributed by atoms with Crippen molar-refractivity contribution in [3.63, 3.8) is 0 Å². The summed E-state index contributed by atoms with van der Waals surface area (Å²) >= 11 is 0. The lowest BCUT2D eigenvalue weighted by Gasteiger charge is -2.30. The molecule has 5 nitrogen and oxygen atoms in total. The molecule has 0 aliphatic heterocycles. The minimum absolute atomic E-state index is 0.0518. The fourth-order valence-electron chi connectivity index (χ4n) is 1.85. The number of carbonyl (C=O) groups is 2. The average molecular weight is 272 g/mol. The zero-order chi connectivity index (χ0) is 15.2. The van der Waals surface area contributed by atoms with E-state index in [4.69, 9.17) is 5.11 Å². The smallest absolute Gasteiger partial charge is 0.326 e. The summed E-state index contributed by atoms with van der Waals surface area (Å²) in [6, 6.07) is -1.06. The van der Waals surface area contributed by atoms with E-state index in [1.54, 1.807) is 4.90 Å². The summed E-state index contributed by atoms with van der Waals surface area (Å²) in [6.07, 6.45) is 0.439. The quantitative estimate of drug-likeness (QED) is 0.748. The second kappa shape index (κ2) is 8.02. The first-order chi connectivity index (χ1) is 8.65. The van der Waals surface area contributed by atoms with Crippen LogP contribution in [0, 0.1) is 11.8 Å². The Kier molecular flexibility index (Phi) is 7.49. The molecule has 0 aliphatic carbocycles. The van der Waals surface area contributed by atoms with Crippen LogP contribution in [-0.4, -0.2) is 40.6 Å². The van der Waals surface area contributed by atoms with E-state index in [9.17, 15) is 9.59 Å². The molecule has 2 N–H and O–H groups in total. The maximum absolute atomic E-state index is 12.2. The van der Waals surface area contributed by atoms with Crippen LogP contribution in [0.25, 0.3) is 0 Å². The number of hydrogen-bond acceptors (Lipinski definition) is 2. The van der Waals surface area contributed by atoms with E-state index in [1.807, 2.05) is 41.5 Å². The predicted molar refractivity (Wildman–Crippen MR) is 76.1 cm³/mol. The SMILES string of the molecule is CC(C)C[C@@H](NC(=O)N(CC(C)C)C(C)C)C(=O)O. The summed E-state index contributed by atoms with van der Waals surface area (Å²) in [5, 5.41) is 11.8. The highest BCUT2D eigenvalue weighted by molar-refractivity contribution is 5.82. The van der Waals surface area contributed by atoms with Crippen LogP contribution < -0.4 is 5.32 Å². The van der Waals surface area contributed by atoms with Crippen LogP contribution >= 0.6 is 0 Å². The molecule has 112 valence electrons. The van der Waals surface area contributed by atoms with Crippen LogP contribution in [0.1, 0.15) is 48.0 Å². The van der Waals surface area contributed by atoms with Gasteiger partial charge >= 0.3 is 12.0 Å². The third-order valence-corrected chi connectivity index (χ3v) is 2.75. The first-order valence-corrected chi connectivity index (χ1v) is 6.95. The van der Waals surface area contributed by atoms with Crippen LogP contribution in [0.4, 0.5) is 4.79 Å². The van der Waals surface area contributed by atoms with E-state index >= 15 is 0 Å². The molecule has 0 unspecified atom stereocenters. The molecule has 2 amide bonds. The van der Waals surface area contributed by atoms with Crippen molar-refractivity contribution in [2.24, 2.45) is 11.8 Å². The maximum Gasteiger partial charge on any atom is 0.326 e. The van der Waals surface area contributed by atoms with Gasteiger partial charge in [0, 0.05) is 12.6 Å². The fraction of sp³-hybridized carbons (Fsp3) is 0.857. The molecule has 0 aliphatic rings. The lowest BCUT2D eigenvalue weighted by molar-refractivity contribution is -0.139. The number of nitrogens with zero attached hydrogens (tertiary/aromatic N) is 1. The van der Waals surface area contributed by atoms with Crippen LogP contribution in [0.5, 0.6) is 0 Å². The molecule has 1 atom stereocenters. The molecule has 0 saturated heterocycles. The monoisotopic (exact) mass is 272 g/mol. The van der Waals surface area contributed by atoms with Gasteiger partial charge in [0.1, 0.15) is 6.04 Å². The molecular formula is C14H28N2O3. The summed E-state index contributed by atoms with van der Waals surface area (Å²) in [5.74, 6) is -0.407. The molecule has 0 rings (SSSR count). The van der Waals surface area contributed by atoms with E-state index in [1.165, 1.54) is 0 Å². The number of rotatable bonds is 7. The normalized spacial score (nSPS) is 12.9. The van der Waals surface area contributed by atoms with Crippen molar-refractivity contribution in [1.29, 1.82) is 0 Å². The summed E-state index contributed by atoms with van der Waals surface area (Å²) in [5.41, 5.74) is 0. The van der Waals surface area contributed by atoms with Gasteiger partial charge in [-0.2, -0.15) is 0 Å². The van der Waals surface area contributed by atoms with Gasteiger partial charge in [-0.05, 0) is 32.1 Å². The van der Waals surface area contributed by atoms with Gasteiger partial charge in [0.05, 0.1) is 0 Å². The van der Waals surface area contributed by atoms with E-state index in [-0.39, 0.29) is 18.0 Å². The van der Waals surface area contributed by atoms with Crippen molar-refractivity contribution in [2.75, 3.05) is 6.54 Å². The number of carboxylic acid groups (broad SMARTS) is 1. The number of aliphatic carboxylic acids is 1. The lowest BCUT2D eigenvalue weighted by atomic mass is 10.0. The van der Waals surface area contributed by atoms with Crippen molar-refractivity contribution < 1.29 is 14.7 Å². The molecule has 0 bridgehead atoms. The van der Waals surface area contributed by atoms with Crippen molar-refractivity contribution in [3.05, 3.63) is 0 Å². The molecule has 0 aromatic heterocycles. The Morgan fingerprint density at radius 2 is 1.58 bits per heavy atom. The Morgan fingerprint density at radius 1 is 1.05 bits per heavy atom. The lowest BCUT2D eigenvalue weighted by Crippen LogP contribution is -2.51. The molecule has 0 aromatic carbocycles. The highest BCUT2D eigenvalue weighted by Crippen LogP contribution is 2.08. The van der Waals surface area contributed by atoms with Gasteiger partial charge in [0.25, 0.3) is 0 Å². The number of hydrogen-bond donors (Lipinski definition) is 2. The van der Waals surface area contributed by atoms with Crippen molar-refractivity contribution in [3.8, 4) is 0 Å². The van der Waals surface area contributed by atoms with E-state index in [2.05, 4.69) is 5.32 Å². The molecule has 0 aromatic rings. The zero-order valence-corrected chi connectivity index (χ0v) is 12.9. The Balaban J connectivity index is 4.71. The van der Waals surface area contributed by atoms with Crippen molar-refractivity contribution in [2.45, 2.75) is 60.0 Å². The number of amides is 2. The van der Waals surface area contributed by atoms with Crippen LogP contribution in [0.2, 0.25) is 0 Å². The fourth-order valence-corrected chi connectivity index (χ4v) is 1.85. The van der Waals surface area contributed by atoms with Gasteiger partial charge in [-0.1, -0.05) is 27.7 Å². The minimum atomic E-state index is -0.977. The maximum atomic E-state index is 12.2. The van der Waals surface area contributed by atoms with Gasteiger partial charge in [0.2, 0.25) is 0 Å². The number of carbonyl (C=O) groups excluding carboxylic acids is 1. The van der Waals surface area contributed by atoms with Crippen molar-refractivity contribution >= 4 is 12.0 Å². The van der Waals surface area contributed by atoms with E-state index < -0.39 is 12.0 Å². The highest BCUT2D eigenvalue weighted by Gasteiger charge is 2.25. The summed E-state index contributed by atoms with van der Waals surface area (Å²) in [6.45, 7) is 12.4. The third-order valence-electron chi connectivity index (χ3n) is 2.75. The second-order valence-electron chi connectivity index (χ2n) is 6.11. The molecule has 0 saturated carbocycles. The summed E-state index contributed by atoms with van der Waals surface area (Å²) < 4.78 is 0. The first-order valence-electron chi connectivity index (χ1n) is 6.95. The number of nitrogens with one attached hydrogen (secondary N) is 1. The van der Waals surface area contributed by atoms with Crippen LogP contribution in [-0.2, 0) is 4.79 Å². The summed E-state index contributed by atoms with van der Waals surface area (Å²) in [4.78, 5) is 25.0. The topological polar surface area (TPSA) is 69.6 Å². The van der Waals surface area contributed by atoms with Gasteiger partial charge in [-0.25, -0.2) is 9.59 Å². The molecule has 0 spiro atoms. The molecule has 0 heterocycles. The van der Waals surface area contributed by atoms with Crippen LogP contribution in [0.3, 0.4) is 0 Å². The number of carboxylic acids is 1. The van der Waals surface area contributed by atoms with Gasteiger partial charge in [0.15, 0.2) is 0 Å². The van der Waals surface area contributed by atoms with Crippen molar-refractivity contribution in [1.82, 2.24) is 10.2 Å². The molecule has 5 heteroatoms. The molecular weight excluding hydrogens is 244 g/mol. The Labute approximate surface area is 116 Å². The number of urea groups is 1. The zero-order valence-electron chi connectivity index (χ0n) is 12.9. The van der Waals surface area contributed by atoms with Crippen LogP contribution in [0.15, 0.2) is 0 Å². The standard InChI is InChI=1S/C14H28N2O3/c1-9(2)7-12(13(17)18)15-14(19)16(11(5)6)8-10(3)4/h9-12H,7-8H2,1-6H3,(H,15,19)(H,17,18)/t12-/m1/s1. The third kappa shape index (κ3) is 7.03. The second-order valence-corrected chi connectivity index (χ2v) is 6.11. The Bertz CT molecular complexity index is 301. The Morgan fingerprint density at radius 3 is 1.89 bits per heavy atom. The van der Waals surface area contributed by atoms with E-state index in [0.29, 0.717) is 18.9 Å². The van der Waals surface area contributed by atoms with Gasteiger partial charge < -0.3 is 15.3 Å². The predicted octanol–water partition coefficient (Wildman–Crippen LogP) is 2.56. The van der Waals surface area contributed by atoms with Gasteiger partial charge in [-0.15, -0.1) is 0 Å². The first kappa shape index (κ1) is 17.7. The van der Waals surface area contributed by atoms with E-state index in [0.717, 1.165) is 0 Å². The highest BCUT2D eigenvalue weighted by atomic mass is 16.4. The van der Waals surface area contributed by atoms with Gasteiger partial charge in [-0.3, -0.25) is 0 Å². The molecule has 19 heavy (non-hydrogen) atoms. The minimum Gasteiger partial charge on any atom is -0.480 e. The Hall–Kier alpha value is -1.26. The molecule has 0 radical (unpaired) electrons. The summed E-state index contributed by atoms with van der Waals surface area (Å²) in [7, 11) is 0.